The van der Waals surface area contributed by atoms with Crippen molar-refractivity contribution >= 4 is 15.9 Å². The zero-order valence-electron chi connectivity index (χ0n) is 9.58. The van der Waals surface area contributed by atoms with Crippen LogP contribution in [0.4, 0.5) is 0 Å². The lowest BCUT2D eigenvalue weighted by atomic mass is 10.1. The summed E-state index contributed by atoms with van der Waals surface area (Å²) in [5, 5.41) is 3.45. The maximum Gasteiger partial charge on any atom is 0.0954 e. The van der Waals surface area contributed by atoms with Crippen LogP contribution >= 0.6 is 15.9 Å². The van der Waals surface area contributed by atoms with Crippen LogP contribution in [0, 0.1) is 0 Å². The van der Waals surface area contributed by atoms with Crippen molar-refractivity contribution in [1.82, 2.24) is 5.32 Å². The second-order valence-corrected chi connectivity index (χ2v) is 5.16. The van der Waals surface area contributed by atoms with Crippen LogP contribution in [0.15, 0.2) is 28.7 Å². The summed E-state index contributed by atoms with van der Waals surface area (Å²) in [6.07, 6.45) is 2.88. The van der Waals surface area contributed by atoms with E-state index >= 15 is 0 Å². The first-order valence-corrected chi connectivity index (χ1v) is 6.70. The molecule has 0 aromatic heterocycles. The van der Waals surface area contributed by atoms with Crippen LogP contribution in [0.5, 0.6) is 0 Å². The van der Waals surface area contributed by atoms with Gasteiger partial charge in [0.1, 0.15) is 0 Å². The van der Waals surface area contributed by atoms with Gasteiger partial charge in [-0.3, -0.25) is 0 Å². The number of ether oxygens (including phenoxy) is 1. The van der Waals surface area contributed by atoms with Gasteiger partial charge in [-0.1, -0.05) is 41.4 Å². The first-order chi connectivity index (χ1) is 7.79. The zero-order valence-corrected chi connectivity index (χ0v) is 11.2. The highest BCUT2D eigenvalue weighted by Gasteiger charge is 2.22. The summed E-state index contributed by atoms with van der Waals surface area (Å²) in [5.41, 5.74) is 1.25. The Labute approximate surface area is 106 Å². The fourth-order valence-corrected chi connectivity index (χ4v) is 2.52. The third kappa shape index (κ3) is 3.06. The van der Waals surface area contributed by atoms with E-state index in [2.05, 4.69) is 46.4 Å². The van der Waals surface area contributed by atoms with Crippen molar-refractivity contribution in [2.45, 2.75) is 32.0 Å². The lowest BCUT2D eigenvalue weighted by Crippen LogP contribution is -2.40. The van der Waals surface area contributed by atoms with E-state index in [-0.39, 0.29) is 6.10 Å². The molecular weight excluding hydrogens is 266 g/mol. The second kappa shape index (κ2) is 5.80. The van der Waals surface area contributed by atoms with E-state index in [1.54, 1.807) is 0 Å². The Morgan fingerprint density at radius 3 is 3.06 bits per heavy atom. The number of rotatable bonds is 3. The molecule has 0 aliphatic carbocycles. The molecule has 1 aliphatic heterocycles. The molecule has 0 saturated carbocycles. The van der Waals surface area contributed by atoms with Gasteiger partial charge in [0.2, 0.25) is 0 Å². The highest BCUT2D eigenvalue weighted by molar-refractivity contribution is 9.10. The van der Waals surface area contributed by atoms with Gasteiger partial charge in [0, 0.05) is 17.6 Å². The van der Waals surface area contributed by atoms with Crippen molar-refractivity contribution in [3.05, 3.63) is 34.3 Å². The predicted octanol–water partition coefficient (Wildman–Crippen LogP) is 3.28. The van der Waals surface area contributed by atoms with Crippen molar-refractivity contribution in [3.63, 3.8) is 0 Å². The predicted molar refractivity (Wildman–Crippen MR) is 69.5 cm³/mol. The third-order valence-corrected chi connectivity index (χ3v) is 3.38. The van der Waals surface area contributed by atoms with Gasteiger partial charge < -0.3 is 10.1 Å². The number of nitrogens with one attached hydrogen (secondary N) is 1. The highest BCUT2D eigenvalue weighted by atomic mass is 79.9. The molecule has 88 valence electrons. The maximum atomic E-state index is 6.08. The molecular formula is C13H18BrNO. The second-order valence-electron chi connectivity index (χ2n) is 4.25. The Hall–Kier alpha value is -0.380. The minimum Gasteiger partial charge on any atom is -0.368 e. The Bertz CT molecular complexity index is 340. The summed E-state index contributed by atoms with van der Waals surface area (Å²) in [6.45, 7) is 4.10. The largest absolute Gasteiger partial charge is 0.368 e. The van der Waals surface area contributed by atoms with Crippen LogP contribution in [-0.4, -0.2) is 19.2 Å². The minimum atomic E-state index is 0.197. The highest BCUT2D eigenvalue weighted by Crippen LogP contribution is 2.25. The molecule has 2 rings (SSSR count). The molecule has 2 atom stereocenters. The van der Waals surface area contributed by atoms with Crippen molar-refractivity contribution in [1.29, 1.82) is 0 Å². The molecule has 1 heterocycles. The van der Waals surface area contributed by atoms with Gasteiger partial charge in [-0.25, -0.2) is 0 Å². The van der Waals surface area contributed by atoms with Crippen LogP contribution in [-0.2, 0) is 4.74 Å². The number of hydrogen-bond donors (Lipinski definition) is 1. The van der Waals surface area contributed by atoms with Crippen LogP contribution in [0.2, 0.25) is 0 Å². The molecule has 1 aromatic rings. The fraction of sp³-hybridized carbons (Fsp3) is 0.538. The van der Waals surface area contributed by atoms with Crippen LogP contribution < -0.4 is 5.32 Å². The van der Waals surface area contributed by atoms with Crippen LogP contribution in [0.1, 0.15) is 31.4 Å². The van der Waals surface area contributed by atoms with E-state index < -0.39 is 0 Å². The summed E-state index contributed by atoms with van der Waals surface area (Å²) >= 11 is 3.50. The summed E-state index contributed by atoms with van der Waals surface area (Å²) in [4.78, 5) is 0. The Morgan fingerprint density at radius 1 is 1.44 bits per heavy atom. The number of benzene rings is 1. The van der Waals surface area contributed by atoms with Crippen molar-refractivity contribution in [2.75, 3.05) is 13.1 Å². The van der Waals surface area contributed by atoms with Crippen LogP contribution in [0.3, 0.4) is 0 Å². The van der Waals surface area contributed by atoms with E-state index in [1.807, 2.05) is 6.07 Å². The standard InChI is InChI=1S/C13H18BrNO/c1-2-4-12-8-15-9-13(16-12)10-5-3-6-11(14)7-10/h3,5-7,12-13,15H,2,4,8-9H2,1H3. The number of halogens is 1. The molecule has 1 aromatic carbocycles. The van der Waals surface area contributed by atoms with Gasteiger partial charge in [-0.05, 0) is 24.1 Å². The van der Waals surface area contributed by atoms with Crippen molar-refractivity contribution in [3.8, 4) is 0 Å². The van der Waals surface area contributed by atoms with Gasteiger partial charge in [0.25, 0.3) is 0 Å². The SMILES string of the molecule is CCCC1CNCC(c2cccc(Br)c2)O1. The van der Waals surface area contributed by atoms with Gasteiger partial charge in [-0.15, -0.1) is 0 Å². The number of morpholine rings is 1. The van der Waals surface area contributed by atoms with E-state index in [0.29, 0.717) is 6.10 Å². The van der Waals surface area contributed by atoms with E-state index in [4.69, 9.17) is 4.74 Å². The quantitative estimate of drug-likeness (QED) is 0.919. The molecule has 1 saturated heterocycles. The fourth-order valence-electron chi connectivity index (χ4n) is 2.10. The smallest absolute Gasteiger partial charge is 0.0954 e. The number of hydrogen-bond acceptors (Lipinski definition) is 2. The average molecular weight is 284 g/mol. The van der Waals surface area contributed by atoms with E-state index in [9.17, 15) is 0 Å². The molecule has 1 N–H and O–H groups in total. The van der Waals surface area contributed by atoms with Gasteiger partial charge in [0.15, 0.2) is 0 Å². The maximum absolute atomic E-state index is 6.08. The van der Waals surface area contributed by atoms with E-state index in [1.165, 1.54) is 12.0 Å². The molecule has 2 nitrogen and oxygen atoms in total. The molecule has 0 amide bonds. The van der Waals surface area contributed by atoms with Gasteiger partial charge >= 0.3 is 0 Å². The lowest BCUT2D eigenvalue weighted by Gasteiger charge is -2.31. The monoisotopic (exact) mass is 283 g/mol. The van der Waals surface area contributed by atoms with Gasteiger partial charge in [-0.2, -0.15) is 0 Å². The average Bonchev–Trinajstić information content (AvgIpc) is 2.30. The topological polar surface area (TPSA) is 21.3 Å². The molecule has 2 unspecified atom stereocenters. The van der Waals surface area contributed by atoms with Gasteiger partial charge in [0.05, 0.1) is 12.2 Å². The molecule has 0 radical (unpaired) electrons. The molecule has 3 heteroatoms. The summed E-state index contributed by atoms with van der Waals surface area (Å²) in [7, 11) is 0. The Morgan fingerprint density at radius 2 is 2.31 bits per heavy atom. The Kier molecular flexibility index (Phi) is 4.38. The molecule has 0 spiro atoms. The molecule has 0 bridgehead atoms. The molecule has 16 heavy (non-hydrogen) atoms. The third-order valence-electron chi connectivity index (χ3n) is 2.89. The summed E-state index contributed by atoms with van der Waals surface area (Å²) in [5.74, 6) is 0. The first kappa shape index (κ1) is 12.1. The first-order valence-electron chi connectivity index (χ1n) is 5.91. The van der Waals surface area contributed by atoms with Crippen molar-refractivity contribution in [2.24, 2.45) is 0 Å². The van der Waals surface area contributed by atoms with E-state index in [0.717, 1.165) is 24.0 Å². The minimum absolute atomic E-state index is 0.197. The summed E-state index contributed by atoms with van der Waals surface area (Å²) < 4.78 is 7.20. The van der Waals surface area contributed by atoms with Crippen molar-refractivity contribution < 1.29 is 4.74 Å². The Balaban J connectivity index is 2.03. The van der Waals surface area contributed by atoms with Crippen LogP contribution in [0.25, 0.3) is 0 Å². The molecule has 1 aliphatic rings. The summed E-state index contributed by atoms with van der Waals surface area (Å²) in [6, 6.07) is 8.38. The molecule has 1 fully saturated rings. The lowest BCUT2D eigenvalue weighted by molar-refractivity contribution is -0.0425. The zero-order chi connectivity index (χ0) is 11.4. The normalized spacial score (nSPS) is 25.6.